The van der Waals surface area contributed by atoms with Gasteiger partial charge in [0.05, 0.1) is 32.0 Å². The maximum atomic E-state index is 11.0. The van der Waals surface area contributed by atoms with Crippen molar-refractivity contribution < 1.29 is 54.8 Å². The Balaban J connectivity index is 1.94. The summed E-state index contributed by atoms with van der Waals surface area (Å²) in [5.74, 6) is -2.33. The van der Waals surface area contributed by atoms with E-state index >= 15 is 0 Å². The van der Waals surface area contributed by atoms with E-state index in [0.29, 0.717) is 0 Å². The SMILES string of the molecule is N[C@@H]1[C@@H](COC[C@@H]2O[C@H](C(=O)O)[C@@H](O)[C@H](O)[C@H]2O)[C@@H](O)[C@@H](CO)O[C@H]1O. The summed E-state index contributed by atoms with van der Waals surface area (Å²) in [6, 6.07) is -1.01. The van der Waals surface area contributed by atoms with E-state index in [1.165, 1.54) is 0 Å². The molecule has 0 spiro atoms. The summed E-state index contributed by atoms with van der Waals surface area (Å²) in [5, 5.41) is 67.2. The monoisotopic (exact) mass is 383 g/mol. The third-order valence-electron chi connectivity index (χ3n) is 4.69. The minimum absolute atomic E-state index is 0.220. The summed E-state index contributed by atoms with van der Waals surface area (Å²) in [4.78, 5) is 11.0. The first-order chi connectivity index (χ1) is 12.2. The zero-order valence-electron chi connectivity index (χ0n) is 13.7. The van der Waals surface area contributed by atoms with Crippen LogP contribution in [0, 0.1) is 5.92 Å². The fourth-order valence-corrected chi connectivity index (χ4v) is 3.04. The van der Waals surface area contributed by atoms with E-state index in [2.05, 4.69) is 0 Å². The molecule has 0 unspecified atom stereocenters. The van der Waals surface area contributed by atoms with Crippen LogP contribution in [0.3, 0.4) is 0 Å². The van der Waals surface area contributed by atoms with Crippen LogP contribution >= 0.6 is 0 Å². The molecule has 0 aromatic heterocycles. The number of aliphatic hydroxyl groups excluding tert-OH is 6. The zero-order valence-corrected chi connectivity index (χ0v) is 13.7. The number of carboxylic acids is 1. The number of nitrogens with two attached hydrogens (primary N) is 1. The minimum Gasteiger partial charge on any atom is -0.479 e. The molecule has 2 fully saturated rings. The molecule has 2 aliphatic rings. The van der Waals surface area contributed by atoms with Gasteiger partial charge in [0, 0.05) is 5.92 Å². The van der Waals surface area contributed by atoms with Gasteiger partial charge in [0.1, 0.15) is 30.5 Å². The molecule has 2 aliphatic heterocycles. The molecule has 26 heavy (non-hydrogen) atoms. The van der Waals surface area contributed by atoms with Crippen LogP contribution in [0.1, 0.15) is 0 Å². The third kappa shape index (κ3) is 4.31. The number of ether oxygens (including phenoxy) is 3. The van der Waals surface area contributed by atoms with E-state index in [1.807, 2.05) is 0 Å². The van der Waals surface area contributed by atoms with Crippen molar-refractivity contribution in [2.45, 2.75) is 55.1 Å². The topological polar surface area (TPSA) is 212 Å². The van der Waals surface area contributed by atoms with Gasteiger partial charge in [-0.25, -0.2) is 4.79 Å². The van der Waals surface area contributed by atoms with Crippen molar-refractivity contribution >= 4 is 5.97 Å². The Morgan fingerprint density at radius 1 is 0.923 bits per heavy atom. The van der Waals surface area contributed by atoms with E-state index in [-0.39, 0.29) is 13.2 Å². The van der Waals surface area contributed by atoms with Crippen LogP contribution in [-0.2, 0) is 19.0 Å². The summed E-state index contributed by atoms with van der Waals surface area (Å²) in [6.45, 7) is -1.14. The summed E-state index contributed by atoms with van der Waals surface area (Å²) in [7, 11) is 0. The van der Waals surface area contributed by atoms with E-state index in [9.17, 15) is 30.3 Å². The van der Waals surface area contributed by atoms with Gasteiger partial charge in [-0.1, -0.05) is 0 Å². The van der Waals surface area contributed by atoms with Crippen LogP contribution in [0.5, 0.6) is 0 Å². The number of hydrogen-bond acceptors (Lipinski definition) is 11. The molecule has 12 nitrogen and oxygen atoms in total. The lowest BCUT2D eigenvalue weighted by atomic mass is 9.88. The van der Waals surface area contributed by atoms with Crippen molar-refractivity contribution in [2.24, 2.45) is 11.7 Å². The number of hydrogen-bond donors (Lipinski definition) is 8. The maximum absolute atomic E-state index is 11.0. The van der Waals surface area contributed by atoms with Gasteiger partial charge in [-0.05, 0) is 0 Å². The lowest BCUT2D eigenvalue weighted by molar-refractivity contribution is -0.250. The van der Waals surface area contributed by atoms with Crippen LogP contribution in [0.4, 0.5) is 0 Å². The standard InChI is InChI=1S/C14H25NO11/c15-7-4(8(17)5(1-16)26-14(7)23)2-24-3-6-9(18)10(19)11(20)12(25-6)13(21)22/h4-12,14,16-20,23H,1-3,15H2,(H,21,22)/t4-,5-,6+,7-,8-,9+,10-,11+,12+,14-/m1/s1. The number of carbonyl (C=O) groups is 1. The highest BCUT2D eigenvalue weighted by molar-refractivity contribution is 5.73. The summed E-state index contributed by atoms with van der Waals surface area (Å²) in [5.41, 5.74) is 5.75. The van der Waals surface area contributed by atoms with Crippen molar-refractivity contribution in [3.8, 4) is 0 Å². The van der Waals surface area contributed by atoms with Crippen LogP contribution < -0.4 is 5.73 Å². The fourth-order valence-electron chi connectivity index (χ4n) is 3.04. The summed E-state index contributed by atoms with van der Waals surface area (Å²) < 4.78 is 15.3. The summed E-state index contributed by atoms with van der Waals surface area (Å²) in [6.07, 6.45) is -11.8. The molecule has 0 radical (unpaired) electrons. The van der Waals surface area contributed by atoms with Crippen molar-refractivity contribution in [1.82, 2.24) is 0 Å². The largest absolute Gasteiger partial charge is 0.479 e. The van der Waals surface area contributed by atoms with Gasteiger partial charge in [-0.2, -0.15) is 0 Å². The second-order valence-electron chi connectivity index (χ2n) is 6.42. The van der Waals surface area contributed by atoms with Crippen molar-refractivity contribution in [2.75, 3.05) is 19.8 Å². The maximum Gasteiger partial charge on any atom is 0.335 e. The van der Waals surface area contributed by atoms with E-state index < -0.39 is 73.6 Å². The smallest absolute Gasteiger partial charge is 0.335 e. The van der Waals surface area contributed by atoms with Gasteiger partial charge in [0.15, 0.2) is 12.4 Å². The predicted molar refractivity (Wildman–Crippen MR) is 80.6 cm³/mol. The third-order valence-corrected chi connectivity index (χ3v) is 4.69. The molecule has 0 bridgehead atoms. The number of carboxylic acid groups (broad SMARTS) is 1. The molecule has 2 rings (SSSR count). The minimum atomic E-state index is -1.80. The van der Waals surface area contributed by atoms with Gasteiger partial charge in [-0.3, -0.25) is 0 Å². The Kier molecular flexibility index (Phi) is 7.27. The molecule has 0 saturated carbocycles. The highest BCUT2D eigenvalue weighted by Gasteiger charge is 2.47. The summed E-state index contributed by atoms with van der Waals surface area (Å²) >= 11 is 0. The molecule has 9 N–H and O–H groups in total. The zero-order chi connectivity index (χ0) is 19.6. The van der Waals surface area contributed by atoms with Crippen molar-refractivity contribution in [3.05, 3.63) is 0 Å². The first-order valence-electron chi connectivity index (χ1n) is 8.07. The van der Waals surface area contributed by atoms with Gasteiger partial charge in [0.2, 0.25) is 0 Å². The molecule has 2 saturated heterocycles. The molecule has 0 aliphatic carbocycles. The highest BCUT2D eigenvalue weighted by atomic mass is 16.6. The van der Waals surface area contributed by atoms with Crippen LogP contribution in [0.25, 0.3) is 0 Å². The lowest BCUT2D eigenvalue weighted by Crippen LogP contribution is -2.61. The molecule has 0 amide bonds. The van der Waals surface area contributed by atoms with Gasteiger partial charge in [-0.15, -0.1) is 0 Å². The lowest BCUT2D eigenvalue weighted by Gasteiger charge is -2.41. The van der Waals surface area contributed by atoms with Crippen LogP contribution in [0.15, 0.2) is 0 Å². The predicted octanol–water partition coefficient (Wildman–Crippen LogP) is -5.05. The van der Waals surface area contributed by atoms with Crippen molar-refractivity contribution in [3.63, 3.8) is 0 Å². The van der Waals surface area contributed by atoms with Gasteiger partial charge in [0.25, 0.3) is 0 Å². The Bertz CT molecular complexity index is 480. The Morgan fingerprint density at radius 3 is 2.15 bits per heavy atom. The fraction of sp³-hybridized carbons (Fsp3) is 0.929. The molecule has 12 heteroatoms. The second kappa shape index (κ2) is 8.84. The second-order valence-corrected chi connectivity index (χ2v) is 6.42. The number of aliphatic carboxylic acids is 1. The van der Waals surface area contributed by atoms with Crippen molar-refractivity contribution in [1.29, 1.82) is 0 Å². The average Bonchev–Trinajstić information content (AvgIpc) is 2.60. The molecule has 10 atom stereocenters. The molecule has 0 aromatic carbocycles. The quantitative estimate of drug-likeness (QED) is 0.216. The number of rotatable bonds is 6. The Labute approximate surface area is 148 Å². The van der Waals surface area contributed by atoms with E-state index in [1.54, 1.807) is 0 Å². The number of aliphatic hydroxyl groups is 6. The van der Waals surface area contributed by atoms with Gasteiger partial charge >= 0.3 is 5.97 Å². The van der Waals surface area contributed by atoms with E-state index in [4.69, 9.17) is 30.2 Å². The average molecular weight is 383 g/mol. The molecule has 0 aromatic rings. The first-order valence-corrected chi connectivity index (χ1v) is 8.07. The Morgan fingerprint density at radius 2 is 1.58 bits per heavy atom. The van der Waals surface area contributed by atoms with E-state index in [0.717, 1.165) is 0 Å². The normalized spacial score (nSPS) is 46.9. The molecule has 152 valence electrons. The Hall–Kier alpha value is -0.930. The molecular formula is C14H25NO11. The molecular weight excluding hydrogens is 358 g/mol. The highest BCUT2D eigenvalue weighted by Crippen LogP contribution is 2.25. The van der Waals surface area contributed by atoms with Crippen LogP contribution in [-0.4, -0.2) is 117 Å². The van der Waals surface area contributed by atoms with Crippen LogP contribution in [0.2, 0.25) is 0 Å². The first kappa shape index (κ1) is 21.4. The molecule has 2 heterocycles. The van der Waals surface area contributed by atoms with Gasteiger partial charge < -0.3 is 55.7 Å².